The minimum Gasteiger partial charge on any atom is -0.481 e. The molecule has 2 aromatic rings. The molecule has 1 amide bonds. The molecule has 1 aliphatic heterocycles. The zero-order valence-corrected chi connectivity index (χ0v) is 14.7. The van der Waals surface area contributed by atoms with Crippen LogP contribution in [0.5, 0.6) is 5.75 Å². The Morgan fingerprint density at radius 1 is 1.19 bits per heavy atom. The summed E-state index contributed by atoms with van der Waals surface area (Å²) in [4.78, 5) is 26.7. The van der Waals surface area contributed by atoms with Gasteiger partial charge in [-0.1, -0.05) is 6.92 Å². The van der Waals surface area contributed by atoms with E-state index >= 15 is 0 Å². The van der Waals surface area contributed by atoms with Crippen molar-refractivity contribution in [3.63, 3.8) is 0 Å². The molecule has 0 radical (unpaired) electrons. The Labute approximate surface area is 152 Å². The topological polar surface area (TPSA) is 66.8 Å². The fraction of sp³-hybridized carbons (Fsp3) is 0.333. The Kier molecular flexibility index (Phi) is 5.22. The molecule has 0 bridgehead atoms. The molecule has 26 heavy (non-hydrogen) atoms. The number of alkyl halides is 2. The summed E-state index contributed by atoms with van der Waals surface area (Å²) in [5, 5.41) is 9.19. The zero-order chi connectivity index (χ0) is 18.8. The van der Waals surface area contributed by atoms with Crippen LogP contribution in [-0.4, -0.2) is 41.6 Å². The van der Waals surface area contributed by atoms with E-state index in [0.717, 1.165) is 10.4 Å². The molecule has 0 saturated carbocycles. The quantitative estimate of drug-likeness (QED) is 0.855. The molecule has 0 aliphatic carbocycles. The van der Waals surface area contributed by atoms with Crippen molar-refractivity contribution in [2.24, 2.45) is 11.8 Å². The molecule has 1 aliphatic rings. The minimum atomic E-state index is -2.87. The summed E-state index contributed by atoms with van der Waals surface area (Å²) in [6.45, 7) is -0.413. The van der Waals surface area contributed by atoms with Crippen LogP contribution in [0.1, 0.15) is 16.6 Å². The number of ether oxygens (including phenoxy) is 1. The maximum atomic E-state index is 12.6. The highest BCUT2D eigenvalue weighted by atomic mass is 32.1. The maximum Gasteiger partial charge on any atom is 0.387 e. The van der Waals surface area contributed by atoms with E-state index < -0.39 is 18.5 Å². The maximum absolute atomic E-state index is 12.6. The van der Waals surface area contributed by atoms with Crippen LogP contribution in [0.25, 0.3) is 10.4 Å². The van der Waals surface area contributed by atoms with Crippen LogP contribution in [0.2, 0.25) is 0 Å². The van der Waals surface area contributed by atoms with Crippen LogP contribution < -0.4 is 4.74 Å². The molecule has 3 rings (SSSR count). The Bertz CT molecular complexity index is 806. The lowest BCUT2D eigenvalue weighted by atomic mass is 9.99. The van der Waals surface area contributed by atoms with Gasteiger partial charge in [-0.2, -0.15) is 8.78 Å². The third-order valence-electron chi connectivity index (χ3n) is 4.40. The Balaban J connectivity index is 1.71. The smallest absolute Gasteiger partial charge is 0.387 e. The van der Waals surface area contributed by atoms with E-state index in [2.05, 4.69) is 4.74 Å². The monoisotopic (exact) mass is 381 g/mol. The van der Waals surface area contributed by atoms with Crippen molar-refractivity contribution in [1.29, 1.82) is 0 Å². The summed E-state index contributed by atoms with van der Waals surface area (Å²) in [7, 11) is 0. The first-order valence-corrected chi connectivity index (χ1v) is 8.84. The second-order valence-electron chi connectivity index (χ2n) is 6.20. The second kappa shape index (κ2) is 7.41. The number of rotatable bonds is 5. The van der Waals surface area contributed by atoms with E-state index in [1.165, 1.54) is 23.5 Å². The Morgan fingerprint density at radius 3 is 2.46 bits per heavy atom. The van der Waals surface area contributed by atoms with Crippen molar-refractivity contribution in [1.82, 2.24) is 4.90 Å². The predicted molar refractivity (Wildman–Crippen MR) is 92.6 cm³/mol. The van der Waals surface area contributed by atoms with Crippen molar-refractivity contribution in [3.8, 4) is 16.2 Å². The van der Waals surface area contributed by atoms with E-state index in [4.69, 9.17) is 0 Å². The molecule has 138 valence electrons. The molecule has 2 heterocycles. The number of thiophene rings is 1. The summed E-state index contributed by atoms with van der Waals surface area (Å²) >= 11 is 1.28. The number of carbonyl (C=O) groups is 2. The summed E-state index contributed by atoms with van der Waals surface area (Å²) in [6.07, 6.45) is 0. The van der Waals surface area contributed by atoms with Gasteiger partial charge in [-0.25, -0.2) is 0 Å². The summed E-state index contributed by atoms with van der Waals surface area (Å²) < 4.78 is 28.7. The largest absolute Gasteiger partial charge is 0.481 e. The summed E-state index contributed by atoms with van der Waals surface area (Å²) in [5.74, 6) is -1.62. The lowest BCUT2D eigenvalue weighted by Crippen LogP contribution is -2.29. The van der Waals surface area contributed by atoms with E-state index in [9.17, 15) is 23.5 Å². The number of hydrogen-bond donors (Lipinski definition) is 1. The van der Waals surface area contributed by atoms with Crippen molar-refractivity contribution in [3.05, 3.63) is 41.3 Å². The molecule has 0 unspecified atom stereocenters. The average molecular weight is 381 g/mol. The number of likely N-dealkylation sites (tertiary alicyclic amines) is 1. The van der Waals surface area contributed by atoms with Crippen LogP contribution in [-0.2, 0) is 4.79 Å². The first kappa shape index (κ1) is 18.3. The standard InChI is InChI=1S/C18H17F2NO4S/c1-10-8-21(9-13(10)17(23)24)16(22)15-7-6-14(26-15)11-2-4-12(5-3-11)25-18(19)20/h2-7,10,13,18H,8-9H2,1H3,(H,23,24)/t10-,13-/m1/s1. The fourth-order valence-corrected chi connectivity index (χ4v) is 4.00. The van der Waals surface area contributed by atoms with Crippen LogP contribution >= 0.6 is 11.3 Å². The van der Waals surface area contributed by atoms with Crippen LogP contribution in [0.3, 0.4) is 0 Å². The van der Waals surface area contributed by atoms with Gasteiger partial charge in [0.25, 0.3) is 5.91 Å². The van der Waals surface area contributed by atoms with E-state index in [0.29, 0.717) is 11.4 Å². The predicted octanol–water partition coefficient (Wildman–Crippen LogP) is 3.81. The molecule has 0 spiro atoms. The SMILES string of the molecule is C[C@@H]1CN(C(=O)c2ccc(-c3ccc(OC(F)F)cc3)s2)C[C@H]1C(=O)O. The second-order valence-corrected chi connectivity index (χ2v) is 7.28. The van der Waals surface area contributed by atoms with Crippen molar-refractivity contribution in [2.45, 2.75) is 13.5 Å². The van der Waals surface area contributed by atoms with Gasteiger partial charge in [-0.3, -0.25) is 9.59 Å². The van der Waals surface area contributed by atoms with E-state index in [1.54, 1.807) is 29.2 Å². The van der Waals surface area contributed by atoms with Gasteiger partial charge in [0.05, 0.1) is 10.8 Å². The highest BCUT2D eigenvalue weighted by Crippen LogP contribution is 2.32. The van der Waals surface area contributed by atoms with Gasteiger partial charge in [0, 0.05) is 18.0 Å². The summed E-state index contributed by atoms with van der Waals surface area (Å²) in [6, 6.07) is 9.68. The number of nitrogens with zero attached hydrogens (tertiary/aromatic N) is 1. The molecular weight excluding hydrogens is 364 g/mol. The highest BCUT2D eigenvalue weighted by molar-refractivity contribution is 7.17. The molecule has 8 heteroatoms. The number of benzene rings is 1. The van der Waals surface area contributed by atoms with Gasteiger partial charge in [0.1, 0.15) is 5.75 Å². The summed E-state index contributed by atoms with van der Waals surface area (Å²) in [5.41, 5.74) is 0.786. The number of carboxylic acid groups (broad SMARTS) is 1. The molecule has 5 nitrogen and oxygen atoms in total. The third-order valence-corrected chi connectivity index (χ3v) is 5.52. The number of amides is 1. The minimum absolute atomic E-state index is 0.0716. The molecule has 1 aromatic carbocycles. The molecule has 1 aromatic heterocycles. The number of carbonyl (C=O) groups excluding carboxylic acids is 1. The van der Waals surface area contributed by atoms with Crippen molar-refractivity contribution >= 4 is 23.2 Å². The van der Waals surface area contributed by atoms with Gasteiger partial charge in [-0.05, 0) is 47.9 Å². The number of carboxylic acids is 1. The van der Waals surface area contributed by atoms with Crippen molar-refractivity contribution < 1.29 is 28.2 Å². The highest BCUT2D eigenvalue weighted by Gasteiger charge is 2.37. The molecule has 1 saturated heterocycles. The van der Waals surface area contributed by atoms with Gasteiger partial charge in [-0.15, -0.1) is 11.3 Å². The van der Waals surface area contributed by atoms with Crippen molar-refractivity contribution in [2.75, 3.05) is 13.1 Å². The first-order valence-electron chi connectivity index (χ1n) is 8.02. The lowest BCUT2D eigenvalue weighted by molar-refractivity contribution is -0.142. The number of hydrogen-bond acceptors (Lipinski definition) is 4. The Hall–Kier alpha value is -2.48. The lowest BCUT2D eigenvalue weighted by Gasteiger charge is -2.14. The van der Waals surface area contributed by atoms with Gasteiger partial charge >= 0.3 is 12.6 Å². The van der Waals surface area contributed by atoms with Gasteiger partial charge in [0.15, 0.2) is 0 Å². The van der Waals surface area contributed by atoms with Crippen LogP contribution in [0.15, 0.2) is 36.4 Å². The number of halogens is 2. The molecular formula is C18H17F2NO4S. The first-order chi connectivity index (χ1) is 12.3. The van der Waals surface area contributed by atoms with E-state index in [-0.39, 0.29) is 24.1 Å². The molecule has 1 fully saturated rings. The van der Waals surface area contributed by atoms with Gasteiger partial charge in [0.2, 0.25) is 0 Å². The number of aliphatic carboxylic acids is 1. The van der Waals surface area contributed by atoms with Gasteiger partial charge < -0.3 is 14.7 Å². The molecule has 2 atom stereocenters. The fourth-order valence-electron chi connectivity index (χ4n) is 3.02. The normalized spacial score (nSPS) is 19.8. The average Bonchev–Trinajstić information content (AvgIpc) is 3.21. The Morgan fingerprint density at radius 2 is 1.88 bits per heavy atom. The van der Waals surface area contributed by atoms with Crippen LogP contribution in [0.4, 0.5) is 8.78 Å². The zero-order valence-electron chi connectivity index (χ0n) is 13.9. The molecule has 1 N–H and O–H groups in total. The van der Waals surface area contributed by atoms with E-state index in [1.807, 2.05) is 6.92 Å². The van der Waals surface area contributed by atoms with Crippen LogP contribution in [0, 0.1) is 11.8 Å². The third kappa shape index (κ3) is 3.85.